The number of rotatable bonds is 7. The van der Waals surface area contributed by atoms with Gasteiger partial charge in [0, 0.05) is 6.07 Å². The molecule has 0 radical (unpaired) electrons. The first-order valence-corrected chi connectivity index (χ1v) is 11.9. The number of anilines is 2. The SMILES string of the molecule is COc1cc(OC)c(NS(=O)(=O)c2cc(C(=O)Nc3ccc(F)c(F)c3F)c(Cl)cc2Cl)cc1Cl. The maximum absolute atomic E-state index is 14.0. The Bertz CT molecular complexity index is 1440. The Kier molecular flexibility index (Phi) is 7.95. The van der Waals surface area contributed by atoms with Crippen molar-refractivity contribution in [3.8, 4) is 11.5 Å². The highest BCUT2D eigenvalue weighted by molar-refractivity contribution is 7.92. The Hall–Kier alpha value is -2.86. The van der Waals surface area contributed by atoms with Crippen molar-refractivity contribution < 1.29 is 35.9 Å². The minimum absolute atomic E-state index is 0.0617. The molecule has 0 aromatic heterocycles. The van der Waals surface area contributed by atoms with Gasteiger partial charge in [0.25, 0.3) is 15.9 Å². The number of halogens is 6. The lowest BCUT2D eigenvalue weighted by molar-refractivity contribution is 0.102. The van der Waals surface area contributed by atoms with Crippen LogP contribution in [-0.2, 0) is 10.0 Å². The second-order valence-electron chi connectivity index (χ2n) is 6.73. The van der Waals surface area contributed by atoms with Crippen LogP contribution in [0.25, 0.3) is 0 Å². The molecule has 3 aromatic carbocycles. The Morgan fingerprint density at radius 2 is 1.49 bits per heavy atom. The lowest BCUT2D eigenvalue weighted by Gasteiger charge is -2.16. The van der Waals surface area contributed by atoms with Crippen molar-refractivity contribution in [2.24, 2.45) is 0 Å². The van der Waals surface area contributed by atoms with Gasteiger partial charge in [-0.05, 0) is 30.3 Å². The third kappa shape index (κ3) is 5.53. The van der Waals surface area contributed by atoms with E-state index in [0.717, 1.165) is 18.2 Å². The normalized spacial score (nSPS) is 11.2. The van der Waals surface area contributed by atoms with E-state index < -0.39 is 49.5 Å². The molecule has 0 unspecified atom stereocenters. The van der Waals surface area contributed by atoms with E-state index in [2.05, 4.69) is 4.72 Å². The number of benzene rings is 3. The summed E-state index contributed by atoms with van der Waals surface area (Å²) in [7, 11) is -1.82. The zero-order valence-electron chi connectivity index (χ0n) is 17.7. The maximum atomic E-state index is 14.0. The molecular weight excluding hydrogens is 556 g/mol. The number of carbonyl (C=O) groups is 1. The number of amides is 1. The molecule has 0 aliphatic heterocycles. The van der Waals surface area contributed by atoms with Gasteiger partial charge in [-0.3, -0.25) is 9.52 Å². The Labute approximate surface area is 212 Å². The molecule has 0 aliphatic carbocycles. The van der Waals surface area contributed by atoms with Crippen molar-refractivity contribution in [2.45, 2.75) is 4.90 Å². The number of carbonyl (C=O) groups excluding carboxylic acids is 1. The fourth-order valence-electron chi connectivity index (χ4n) is 2.86. The second kappa shape index (κ2) is 10.4. The molecule has 1 amide bonds. The van der Waals surface area contributed by atoms with E-state index in [4.69, 9.17) is 44.3 Å². The van der Waals surface area contributed by atoms with E-state index in [-0.39, 0.29) is 32.3 Å². The highest BCUT2D eigenvalue weighted by Crippen LogP contribution is 2.38. The van der Waals surface area contributed by atoms with E-state index in [1.807, 2.05) is 5.32 Å². The van der Waals surface area contributed by atoms with Crippen LogP contribution in [0.15, 0.2) is 41.3 Å². The summed E-state index contributed by atoms with van der Waals surface area (Å²) in [5.74, 6) is -5.74. The molecule has 7 nitrogen and oxygen atoms in total. The first-order valence-electron chi connectivity index (χ1n) is 9.27. The third-order valence-electron chi connectivity index (χ3n) is 4.56. The summed E-state index contributed by atoms with van der Waals surface area (Å²) in [6.07, 6.45) is 0. The van der Waals surface area contributed by atoms with Crippen LogP contribution >= 0.6 is 34.8 Å². The molecule has 2 N–H and O–H groups in total. The first kappa shape index (κ1) is 26.7. The molecule has 0 atom stereocenters. The number of nitrogens with one attached hydrogen (secondary N) is 2. The minimum atomic E-state index is -4.46. The third-order valence-corrected chi connectivity index (χ3v) is 7.00. The predicted octanol–water partition coefficient (Wildman–Crippen LogP) is 6.13. The molecule has 186 valence electrons. The molecule has 0 fully saturated rings. The maximum Gasteiger partial charge on any atom is 0.263 e. The van der Waals surface area contributed by atoms with Crippen LogP contribution < -0.4 is 19.5 Å². The monoisotopic (exact) mass is 568 g/mol. The van der Waals surface area contributed by atoms with Crippen LogP contribution in [-0.4, -0.2) is 28.5 Å². The van der Waals surface area contributed by atoms with Crippen molar-refractivity contribution >= 4 is 62.1 Å². The summed E-state index contributed by atoms with van der Waals surface area (Å²) in [6, 6.07) is 5.78. The highest BCUT2D eigenvalue weighted by atomic mass is 35.5. The van der Waals surface area contributed by atoms with Gasteiger partial charge < -0.3 is 14.8 Å². The van der Waals surface area contributed by atoms with Crippen LogP contribution in [0.1, 0.15) is 10.4 Å². The van der Waals surface area contributed by atoms with E-state index in [9.17, 15) is 26.4 Å². The van der Waals surface area contributed by atoms with Crippen molar-refractivity contribution in [1.29, 1.82) is 0 Å². The van der Waals surface area contributed by atoms with Gasteiger partial charge in [0.05, 0.1) is 46.2 Å². The van der Waals surface area contributed by atoms with Crippen LogP contribution in [0.5, 0.6) is 11.5 Å². The average Bonchev–Trinajstić information content (AvgIpc) is 2.79. The van der Waals surface area contributed by atoms with Crippen molar-refractivity contribution in [3.05, 3.63) is 74.5 Å². The summed E-state index contributed by atoms with van der Waals surface area (Å²) in [4.78, 5) is 12.1. The Morgan fingerprint density at radius 1 is 0.829 bits per heavy atom. The number of methoxy groups -OCH3 is 2. The molecule has 0 bridgehead atoms. The molecule has 35 heavy (non-hydrogen) atoms. The van der Waals surface area contributed by atoms with Crippen LogP contribution in [0.3, 0.4) is 0 Å². The lowest BCUT2D eigenvalue weighted by Crippen LogP contribution is -2.18. The fraction of sp³-hybridized carbons (Fsp3) is 0.0952. The summed E-state index contributed by atoms with van der Waals surface area (Å²) in [5, 5.41) is 1.44. The van der Waals surface area contributed by atoms with Gasteiger partial charge >= 0.3 is 0 Å². The smallest absolute Gasteiger partial charge is 0.263 e. The van der Waals surface area contributed by atoms with Crippen molar-refractivity contribution in [2.75, 3.05) is 24.3 Å². The molecule has 0 aliphatic rings. The summed E-state index contributed by atoms with van der Waals surface area (Å²) in [6.45, 7) is 0. The van der Waals surface area contributed by atoms with Gasteiger partial charge in [-0.2, -0.15) is 0 Å². The molecule has 14 heteroatoms. The predicted molar refractivity (Wildman–Crippen MR) is 126 cm³/mol. The molecule has 0 spiro atoms. The van der Waals surface area contributed by atoms with Gasteiger partial charge in [-0.1, -0.05) is 34.8 Å². The second-order valence-corrected chi connectivity index (χ2v) is 9.60. The Balaban J connectivity index is 2.00. The van der Waals surface area contributed by atoms with Crippen LogP contribution in [0.4, 0.5) is 24.5 Å². The van der Waals surface area contributed by atoms with Crippen LogP contribution in [0.2, 0.25) is 15.1 Å². The largest absolute Gasteiger partial charge is 0.495 e. The molecule has 0 saturated heterocycles. The quantitative estimate of drug-likeness (QED) is 0.334. The van der Waals surface area contributed by atoms with E-state index in [0.29, 0.717) is 6.07 Å². The lowest BCUT2D eigenvalue weighted by atomic mass is 10.2. The zero-order valence-corrected chi connectivity index (χ0v) is 20.8. The van der Waals surface area contributed by atoms with Gasteiger partial charge in [0.1, 0.15) is 16.4 Å². The first-order chi connectivity index (χ1) is 16.4. The Morgan fingerprint density at radius 3 is 2.11 bits per heavy atom. The van der Waals surface area contributed by atoms with Gasteiger partial charge in [-0.15, -0.1) is 0 Å². The number of hydrogen-bond acceptors (Lipinski definition) is 5. The number of sulfonamides is 1. The number of ether oxygens (including phenoxy) is 2. The molecule has 0 saturated carbocycles. The summed E-state index contributed by atoms with van der Waals surface area (Å²) >= 11 is 18.2. The van der Waals surface area contributed by atoms with Crippen LogP contribution in [0, 0.1) is 17.5 Å². The number of hydrogen-bond donors (Lipinski definition) is 2. The van der Waals surface area contributed by atoms with E-state index in [1.165, 1.54) is 26.4 Å². The van der Waals surface area contributed by atoms with E-state index in [1.54, 1.807) is 0 Å². The average molecular weight is 570 g/mol. The topological polar surface area (TPSA) is 93.7 Å². The zero-order chi connectivity index (χ0) is 26.1. The van der Waals surface area contributed by atoms with E-state index >= 15 is 0 Å². The molecular formula is C21H14Cl3F3N2O5S. The van der Waals surface area contributed by atoms with Gasteiger partial charge in [0.2, 0.25) is 0 Å². The molecule has 3 rings (SSSR count). The van der Waals surface area contributed by atoms with Gasteiger partial charge in [-0.25, -0.2) is 21.6 Å². The van der Waals surface area contributed by atoms with Crippen molar-refractivity contribution in [3.63, 3.8) is 0 Å². The highest BCUT2D eigenvalue weighted by Gasteiger charge is 2.25. The minimum Gasteiger partial charge on any atom is -0.495 e. The summed E-state index contributed by atoms with van der Waals surface area (Å²) < 4.78 is 79.2. The molecule has 0 heterocycles. The molecule has 3 aromatic rings. The van der Waals surface area contributed by atoms with Crippen molar-refractivity contribution in [1.82, 2.24) is 0 Å². The standard InChI is InChI=1S/C21H14Cl3F3N2O5S/c1-33-16-8-17(34-2)15(7-11(16)23)29-35(31,32)18-5-9(10(22)6-12(18)24)21(30)28-14-4-3-13(25)19(26)20(14)27/h3-8,29H,1-2H3,(H,28,30). The summed E-state index contributed by atoms with van der Waals surface area (Å²) in [5.41, 5.74) is -1.21. The van der Waals surface area contributed by atoms with Gasteiger partial charge in [0.15, 0.2) is 17.5 Å². The fourth-order valence-corrected chi connectivity index (χ4v) is 5.02.